The van der Waals surface area contributed by atoms with E-state index in [2.05, 4.69) is 12.2 Å². The minimum absolute atomic E-state index is 0.555. The van der Waals surface area contributed by atoms with Crippen LogP contribution in [0.25, 0.3) is 0 Å². The Labute approximate surface area is 123 Å². The van der Waals surface area contributed by atoms with Crippen LogP contribution in [0.3, 0.4) is 0 Å². The lowest BCUT2D eigenvalue weighted by molar-refractivity contribution is 0.379. The molecule has 1 saturated carbocycles. The van der Waals surface area contributed by atoms with Gasteiger partial charge in [-0.2, -0.15) is 17.0 Å². The predicted octanol–water partition coefficient (Wildman–Crippen LogP) is 1.43. The molecule has 2 aliphatic rings. The second-order valence-electron chi connectivity index (χ2n) is 6.21. The van der Waals surface area contributed by atoms with Gasteiger partial charge in [0.05, 0.1) is 0 Å². The number of hydrogen-bond acceptors (Lipinski definition) is 3. The lowest BCUT2D eigenvalue weighted by Gasteiger charge is -2.24. The standard InChI is InChI=1S/C14H29N3O2S/c1-3-5-13-8-11-17(12-13)20(18,19)16(2)10-4-9-15-14-6-7-14/h13-15H,3-12H2,1-2H3. The monoisotopic (exact) mass is 303 g/mol. The number of hydrogen-bond donors (Lipinski definition) is 1. The predicted molar refractivity (Wildman–Crippen MR) is 81.8 cm³/mol. The summed E-state index contributed by atoms with van der Waals surface area (Å²) < 4.78 is 28.1. The van der Waals surface area contributed by atoms with Gasteiger partial charge >= 0.3 is 0 Å². The molecule has 1 aliphatic heterocycles. The highest BCUT2D eigenvalue weighted by Gasteiger charge is 2.33. The van der Waals surface area contributed by atoms with Crippen LogP contribution >= 0.6 is 0 Å². The van der Waals surface area contributed by atoms with Crippen molar-refractivity contribution in [2.75, 3.05) is 33.2 Å². The molecule has 0 aromatic heterocycles. The van der Waals surface area contributed by atoms with E-state index in [-0.39, 0.29) is 0 Å². The Balaban J connectivity index is 1.73. The first kappa shape index (κ1) is 16.2. The zero-order valence-corrected chi connectivity index (χ0v) is 13.7. The Morgan fingerprint density at radius 1 is 1.30 bits per heavy atom. The van der Waals surface area contributed by atoms with E-state index in [1.54, 1.807) is 11.4 Å². The molecule has 0 amide bonds. The minimum Gasteiger partial charge on any atom is -0.314 e. The molecule has 0 bridgehead atoms. The third kappa shape index (κ3) is 4.41. The number of nitrogens with zero attached hydrogens (tertiary/aromatic N) is 2. The molecule has 2 rings (SSSR count). The summed E-state index contributed by atoms with van der Waals surface area (Å²) in [4.78, 5) is 0. The van der Waals surface area contributed by atoms with Gasteiger partial charge in [0, 0.05) is 32.7 Å². The zero-order valence-electron chi connectivity index (χ0n) is 12.8. The van der Waals surface area contributed by atoms with Crippen molar-refractivity contribution in [3.63, 3.8) is 0 Å². The summed E-state index contributed by atoms with van der Waals surface area (Å²) in [6.45, 7) is 5.09. The van der Waals surface area contributed by atoms with E-state index >= 15 is 0 Å². The van der Waals surface area contributed by atoms with E-state index in [1.807, 2.05) is 0 Å². The molecule has 0 aromatic rings. The van der Waals surface area contributed by atoms with E-state index in [1.165, 1.54) is 17.1 Å². The van der Waals surface area contributed by atoms with Crippen molar-refractivity contribution in [1.29, 1.82) is 0 Å². The fourth-order valence-electron chi connectivity index (χ4n) is 2.86. The van der Waals surface area contributed by atoms with Crippen LogP contribution in [0.4, 0.5) is 0 Å². The van der Waals surface area contributed by atoms with Crippen LogP contribution in [-0.2, 0) is 10.2 Å². The van der Waals surface area contributed by atoms with Crippen LogP contribution in [0.15, 0.2) is 0 Å². The molecule has 1 saturated heterocycles. The Morgan fingerprint density at radius 3 is 2.70 bits per heavy atom. The van der Waals surface area contributed by atoms with Crippen LogP contribution in [-0.4, -0.2) is 56.3 Å². The first-order chi connectivity index (χ1) is 9.54. The smallest absolute Gasteiger partial charge is 0.281 e. The lowest BCUT2D eigenvalue weighted by Crippen LogP contribution is -2.41. The second-order valence-corrected chi connectivity index (χ2v) is 8.25. The average Bonchev–Trinajstić information content (AvgIpc) is 3.11. The molecule has 1 heterocycles. The summed E-state index contributed by atoms with van der Waals surface area (Å²) in [5.74, 6) is 0.555. The van der Waals surface area contributed by atoms with Gasteiger partial charge in [0.25, 0.3) is 10.2 Å². The van der Waals surface area contributed by atoms with Gasteiger partial charge in [0.15, 0.2) is 0 Å². The minimum atomic E-state index is -3.24. The van der Waals surface area contributed by atoms with E-state index in [0.717, 1.165) is 32.2 Å². The molecular weight excluding hydrogens is 274 g/mol. The molecule has 1 aliphatic carbocycles. The van der Waals surface area contributed by atoms with Gasteiger partial charge in [-0.3, -0.25) is 0 Å². The van der Waals surface area contributed by atoms with E-state index in [9.17, 15) is 8.42 Å². The van der Waals surface area contributed by atoms with Crippen LogP contribution in [0.5, 0.6) is 0 Å². The first-order valence-corrected chi connectivity index (χ1v) is 9.38. The molecule has 0 aromatic carbocycles. The Bertz CT molecular complexity index is 395. The maximum Gasteiger partial charge on any atom is 0.281 e. The molecule has 1 unspecified atom stereocenters. The Hall–Kier alpha value is -0.170. The van der Waals surface area contributed by atoms with Crippen molar-refractivity contribution in [2.45, 2.75) is 51.5 Å². The van der Waals surface area contributed by atoms with Gasteiger partial charge in [-0.1, -0.05) is 13.3 Å². The maximum absolute atomic E-state index is 12.5. The topological polar surface area (TPSA) is 52.7 Å². The van der Waals surface area contributed by atoms with Gasteiger partial charge in [-0.05, 0) is 44.6 Å². The Morgan fingerprint density at radius 2 is 2.05 bits per heavy atom. The fourth-order valence-corrected chi connectivity index (χ4v) is 4.35. The van der Waals surface area contributed by atoms with Crippen LogP contribution < -0.4 is 5.32 Å². The van der Waals surface area contributed by atoms with Gasteiger partial charge < -0.3 is 5.32 Å². The van der Waals surface area contributed by atoms with Crippen molar-refractivity contribution in [2.24, 2.45) is 5.92 Å². The lowest BCUT2D eigenvalue weighted by atomic mass is 10.0. The zero-order chi connectivity index (χ0) is 14.6. The molecule has 5 nitrogen and oxygen atoms in total. The number of nitrogens with one attached hydrogen (secondary N) is 1. The molecule has 0 spiro atoms. The molecule has 0 radical (unpaired) electrons. The van der Waals surface area contributed by atoms with Gasteiger partial charge in [-0.25, -0.2) is 0 Å². The highest BCUT2D eigenvalue weighted by atomic mass is 32.2. The third-order valence-corrected chi connectivity index (χ3v) is 6.28. The van der Waals surface area contributed by atoms with E-state index in [4.69, 9.17) is 0 Å². The molecule has 118 valence electrons. The molecule has 2 fully saturated rings. The summed E-state index contributed by atoms with van der Waals surface area (Å²) in [6, 6.07) is 0.699. The summed E-state index contributed by atoms with van der Waals surface area (Å²) in [5, 5.41) is 3.42. The highest BCUT2D eigenvalue weighted by Crippen LogP contribution is 2.24. The first-order valence-electron chi connectivity index (χ1n) is 7.98. The summed E-state index contributed by atoms with van der Waals surface area (Å²) in [6.07, 6.45) is 6.74. The highest BCUT2D eigenvalue weighted by molar-refractivity contribution is 7.86. The summed E-state index contributed by atoms with van der Waals surface area (Å²) >= 11 is 0. The van der Waals surface area contributed by atoms with Gasteiger partial charge in [-0.15, -0.1) is 0 Å². The Kier molecular flexibility index (Phi) is 5.84. The van der Waals surface area contributed by atoms with Gasteiger partial charge in [0.1, 0.15) is 0 Å². The SMILES string of the molecule is CCCC1CCN(S(=O)(=O)N(C)CCCNC2CC2)C1. The van der Waals surface area contributed by atoms with Crippen molar-refractivity contribution >= 4 is 10.2 Å². The van der Waals surface area contributed by atoms with Gasteiger partial charge in [0.2, 0.25) is 0 Å². The molecular formula is C14H29N3O2S. The second kappa shape index (κ2) is 7.20. The normalized spacial score (nSPS) is 24.6. The summed E-state index contributed by atoms with van der Waals surface area (Å²) in [5.41, 5.74) is 0. The number of rotatable bonds is 9. The van der Waals surface area contributed by atoms with E-state index in [0.29, 0.717) is 31.6 Å². The molecule has 20 heavy (non-hydrogen) atoms. The molecule has 6 heteroatoms. The van der Waals surface area contributed by atoms with E-state index < -0.39 is 10.2 Å². The van der Waals surface area contributed by atoms with Crippen LogP contribution in [0.1, 0.15) is 45.4 Å². The summed E-state index contributed by atoms with van der Waals surface area (Å²) in [7, 11) is -1.53. The molecule has 1 N–H and O–H groups in total. The van der Waals surface area contributed by atoms with Crippen LogP contribution in [0, 0.1) is 5.92 Å². The third-order valence-electron chi connectivity index (χ3n) is 4.33. The van der Waals surface area contributed by atoms with Crippen molar-refractivity contribution in [1.82, 2.24) is 13.9 Å². The maximum atomic E-state index is 12.5. The van der Waals surface area contributed by atoms with Crippen LogP contribution in [0.2, 0.25) is 0 Å². The van der Waals surface area contributed by atoms with Crippen molar-refractivity contribution < 1.29 is 8.42 Å². The fraction of sp³-hybridized carbons (Fsp3) is 1.00. The largest absolute Gasteiger partial charge is 0.314 e. The van der Waals surface area contributed by atoms with Crippen molar-refractivity contribution in [3.8, 4) is 0 Å². The molecule has 1 atom stereocenters. The quantitative estimate of drug-likeness (QED) is 0.656. The average molecular weight is 303 g/mol. The van der Waals surface area contributed by atoms with Crippen molar-refractivity contribution in [3.05, 3.63) is 0 Å².